The summed E-state index contributed by atoms with van der Waals surface area (Å²) in [4.78, 5) is 23.4. The minimum absolute atomic E-state index is 0.0656. The molecule has 0 atom stereocenters. The van der Waals surface area contributed by atoms with Crippen molar-refractivity contribution in [3.63, 3.8) is 0 Å². The zero-order valence-electron chi connectivity index (χ0n) is 16.6. The Balaban J connectivity index is 2.10. The number of amides is 1. The van der Waals surface area contributed by atoms with Crippen LogP contribution in [-0.2, 0) is 17.1 Å². The van der Waals surface area contributed by atoms with Gasteiger partial charge in [-0.05, 0) is 39.8 Å². The van der Waals surface area contributed by atoms with E-state index < -0.39 is 0 Å². The Hall–Kier alpha value is -2.06. The first-order valence-electron chi connectivity index (χ1n) is 9.11. The highest BCUT2D eigenvalue weighted by atomic mass is 32.2. The van der Waals surface area contributed by atoms with Gasteiger partial charge in [0.15, 0.2) is 10.9 Å². The predicted octanol–water partition coefficient (Wildman–Crippen LogP) is 3.49. The van der Waals surface area contributed by atoms with E-state index in [-0.39, 0.29) is 11.9 Å². The average Bonchev–Trinajstić information content (AvgIpc) is 3.10. The minimum atomic E-state index is -0.205. The van der Waals surface area contributed by atoms with Gasteiger partial charge in [0.1, 0.15) is 11.6 Å². The number of nitrogens with one attached hydrogen (secondary N) is 1. The number of carbonyl (C=O) groups excluding carboxylic acids is 1. The number of ether oxygens (including phenoxy) is 1. The van der Waals surface area contributed by atoms with Crippen molar-refractivity contribution in [3.8, 4) is 0 Å². The minimum Gasteiger partial charge on any atom is -0.455 e. The van der Waals surface area contributed by atoms with Crippen LogP contribution < -0.4 is 10.2 Å². The number of carbonyl (C=O) groups is 1. The van der Waals surface area contributed by atoms with Crippen molar-refractivity contribution >= 4 is 23.5 Å². The topological polar surface area (TPSA) is 80.5 Å². The van der Waals surface area contributed by atoms with E-state index in [0.29, 0.717) is 29.0 Å². The molecule has 0 spiro atoms. The quantitative estimate of drug-likeness (QED) is 0.490. The van der Waals surface area contributed by atoms with Crippen LogP contribution in [0.2, 0.25) is 0 Å². The van der Waals surface area contributed by atoms with Gasteiger partial charge < -0.3 is 19.4 Å². The summed E-state index contributed by atoms with van der Waals surface area (Å²) in [6.07, 6.45) is 0. The summed E-state index contributed by atoms with van der Waals surface area (Å²) >= 11 is 1.48. The van der Waals surface area contributed by atoms with Crippen molar-refractivity contribution in [1.29, 1.82) is 0 Å². The van der Waals surface area contributed by atoms with Crippen LogP contribution in [0, 0.1) is 0 Å². The van der Waals surface area contributed by atoms with Crippen LogP contribution in [-0.4, -0.2) is 42.1 Å². The average molecular weight is 393 g/mol. The molecule has 27 heavy (non-hydrogen) atoms. The summed E-state index contributed by atoms with van der Waals surface area (Å²) in [6.45, 7) is 10.2. The molecule has 0 aliphatic rings. The van der Waals surface area contributed by atoms with Gasteiger partial charge in [0, 0.05) is 32.3 Å². The molecule has 2 aromatic heterocycles. The third kappa shape index (κ3) is 6.25. The van der Waals surface area contributed by atoms with E-state index in [0.717, 1.165) is 24.6 Å². The van der Waals surface area contributed by atoms with Crippen LogP contribution >= 0.6 is 11.8 Å². The molecule has 0 radical (unpaired) electrons. The number of rotatable bonds is 10. The van der Waals surface area contributed by atoms with Gasteiger partial charge in [-0.1, -0.05) is 11.8 Å². The van der Waals surface area contributed by atoms with Crippen LogP contribution in [0.5, 0.6) is 0 Å². The highest BCUT2D eigenvalue weighted by Gasteiger charge is 2.14. The van der Waals surface area contributed by atoms with Crippen molar-refractivity contribution in [3.05, 3.63) is 35.4 Å². The predicted molar refractivity (Wildman–Crippen MR) is 107 cm³/mol. The van der Waals surface area contributed by atoms with E-state index in [2.05, 4.69) is 34.0 Å². The molecular weight excluding hydrogens is 364 g/mol. The number of nitrogens with zero attached hydrogens (tertiary/aromatic N) is 3. The van der Waals surface area contributed by atoms with Crippen LogP contribution in [0.4, 0.5) is 5.82 Å². The summed E-state index contributed by atoms with van der Waals surface area (Å²) < 4.78 is 10.9. The molecule has 0 unspecified atom stereocenters. The third-order valence-electron chi connectivity index (χ3n) is 3.77. The summed E-state index contributed by atoms with van der Waals surface area (Å²) in [5.41, 5.74) is 0.841. The molecule has 2 heterocycles. The first-order valence-corrected chi connectivity index (χ1v) is 10.1. The number of methoxy groups -OCH3 is 1. The lowest BCUT2D eigenvalue weighted by Crippen LogP contribution is -2.29. The molecule has 0 aromatic carbocycles. The zero-order valence-corrected chi connectivity index (χ0v) is 17.4. The summed E-state index contributed by atoms with van der Waals surface area (Å²) in [5, 5.41) is 3.48. The second kappa shape index (κ2) is 10.3. The second-order valence-electron chi connectivity index (χ2n) is 6.29. The summed E-state index contributed by atoms with van der Waals surface area (Å²) in [6, 6.07) is 5.53. The van der Waals surface area contributed by atoms with Crippen molar-refractivity contribution in [2.45, 2.75) is 51.3 Å². The van der Waals surface area contributed by atoms with Crippen LogP contribution in [0.15, 0.2) is 27.8 Å². The Morgan fingerprint density at radius 2 is 2.04 bits per heavy atom. The number of furan rings is 1. The smallest absolute Gasteiger partial charge is 0.287 e. The van der Waals surface area contributed by atoms with Gasteiger partial charge in [-0.15, -0.1) is 0 Å². The Labute approximate surface area is 164 Å². The summed E-state index contributed by atoms with van der Waals surface area (Å²) in [7, 11) is 1.65. The van der Waals surface area contributed by atoms with Crippen molar-refractivity contribution in [2.24, 2.45) is 0 Å². The highest BCUT2D eigenvalue weighted by Crippen LogP contribution is 2.24. The van der Waals surface area contributed by atoms with E-state index in [1.807, 2.05) is 26.0 Å². The van der Waals surface area contributed by atoms with Crippen LogP contribution in [0.25, 0.3) is 0 Å². The lowest BCUT2D eigenvalue weighted by Gasteiger charge is -2.20. The first kappa shape index (κ1) is 21.2. The van der Waals surface area contributed by atoms with Gasteiger partial charge in [0.2, 0.25) is 0 Å². The first-order chi connectivity index (χ1) is 13.0. The van der Waals surface area contributed by atoms with Crippen LogP contribution in [0.1, 0.15) is 49.7 Å². The van der Waals surface area contributed by atoms with Gasteiger partial charge in [0.25, 0.3) is 5.91 Å². The van der Waals surface area contributed by atoms with E-state index in [9.17, 15) is 4.79 Å². The monoisotopic (exact) mass is 392 g/mol. The lowest BCUT2D eigenvalue weighted by molar-refractivity contribution is 0.0913. The Morgan fingerprint density at radius 1 is 1.30 bits per heavy atom. The molecule has 0 saturated carbocycles. The molecule has 0 aliphatic heterocycles. The standard InChI is InChI=1S/C19H28N4O3S/c1-6-23(7-2)17-10-14(11-25-5)21-19(22-17)27-12-15-8-9-16(26-15)18(24)20-13(3)4/h8-10,13H,6-7,11-12H2,1-5H3,(H,20,24). The van der Waals surface area contributed by atoms with E-state index >= 15 is 0 Å². The number of aromatic nitrogens is 2. The molecule has 2 aromatic rings. The van der Waals surface area contributed by atoms with Crippen molar-refractivity contribution in [1.82, 2.24) is 15.3 Å². The molecule has 7 nitrogen and oxygen atoms in total. The van der Waals surface area contributed by atoms with E-state index in [1.165, 1.54) is 11.8 Å². The van der Waals surface area contributed by atoms with Gasteiger partial charge in [-0.3, -0.25) is 4.79 Å². The SMILES string of the molecule is CCN(CC)c1cc(COC)nc(SCc2ccc(C(=O)NC(C)C)o2)n1. The van der Waals surface area contributed by atoms with E-state index in [4.69, 9.17) is 9.15 Å². The van der Waals surface area contributed by atoms with E-state index in [1.54, 1.807) is 13.2 Å². The van der Waals surface area contributed by atoms with Crippen molar-refractivity contribution in [2.75, 3.05) is 25.1 Å². The molecular formula is C19H28N4O3S. The number of thioether (sulfide) groups is 1. The fraction of sp³-hybridized carbons (Fsp3) is 0.526. The molecule has 0 aliphatic carbocycles. The largest absolute Gasteiger partial charge is 0.455 e. The molecule has 1 N–H and O–H groups in total. The summed E-state index contributed by atoms with van der Waals surface area (Å²) in [5.74, 6) is 2.25. The Morgan fingerprint density at radius 3 is 2.67 bits per heavy atom. The molecule has 0 saturated heterocycles. The molecule has 0 bridgehead atoms. The normalized spacial score (nSPS) is 11.0. The highest BCUT2D eigenvalue weighted by molar-refractivity contribution is 7.98. The van der Waals surface area contributed by atoms with Gasteiger partial charge in [-0.2, -0.15) is 0 Å². The van der Waals surface area contributed by atoms with Gasteiger partial charge in [0.05, 0.1) is 18.1 Å². The lowest BCUT2D eigenvalue weighted by atomic mass is 10.3. The fourth-order valence-corrected chi connectivity index (χ4v) is 3.27. The number of hydrogen-bond donors (Lipinski definition) is 1. The molecule has 2 rings (SSSR count). The number of hydrogen-bond acceptors (Lipinski definition) is 7. The Kier molecular flexibility index (Phi) is 8.12. The maximum Gasteiger partial charge on any atom is 0.287 e. The zero-order chi connectivity index (χ0) is 19.8. The Bertz CT molecular complexity index is 744. The van der Waals surface area contributed by atoms with Crippen molar-refractivity contribution < 1.29 is 13.9 Å². The van der Waals surface area contributed by atoms with Gasteiger partial charge >= 0.3 is 0 Å². The second-order valence-corrected chi connectivity index (χ2v) is 7.23. The number of anilines is 1. The van der Waals surface area contributed by atoms with Crippen LogP contribution in [0.3, 0.4) is 0 Å². The fourth-order valence-electron chi connectivity index (χ4n) is 2.50. The molecule has 148 valence electrons. The molecule has 1 amide bonds. The maximum absolute atomic E-state index is 12.0. The molecule has 8 heteroatoms. The maximum atomic E-state index is 12.0. The van der Waals surface area contributed by atoms with Gasteiger partial charge in [-0.25, -0.2) is 9.97 Å². The third-order valence-corrected chi connectivity index (χ3v) is 4.64. The molecule has 0 fully saturated rings.